The minimum Gasteiger partial charge on any atom is -0.480 e. The summed E-state index contributed by atoms with van der Waals surface area (Å²) in [4.78, 5) is 16.8. The van der Waals surface area contributed by atoms with E-state index in [0.29, 0.717) is 24.7 Å². The van der Waals surface area contributed by atoms with Crippen LogP contribution in [0.15, 0.2) is 34.9 Å². The highest BCUT2D eigenvalue weighted by molar-refractivity contribution is 5.72. The van der Waals surface area contributed by atoms with Crippen LogP contribution in [0.3, 0.4) is 0 Å². The molecule has 1 heterocycles. The summed E-state index contributed by atoms with van der Waals surface area (Å²) in [6.07, 6.45) is 0.600. The molecule has 0 aliphatic rings. The second kappa shape index (κ2) is 6.29. The van der Waals surface area contributed by atoms with Gasteiger partial charge >= 0.3 is 5.97 Å². The molecule has 6 nitrogen and oxygen atoms in total. The van der Waals surface area contributed by atoms with Crippen LogP contribution < -0.4 is 0 Å². The number of carboxylic acid groups (broad SMARTS) is 1. The Kier molecular flexibility index (Phi) is 4.47. The zero-order valence-corrected chi connectivity index (χ0v) is 11.5. The van der Waals surface area contributed by atoms with E-state index < -0.39 is 12.0 Å². The van der Waals surface area contributed by atoms with E-state index in [1.807, 2.05) is 30.3 Å². The fraction of sp³-hybridized carbons (Fsp3) is 0.357. The number of likely N-dealkylation sites (N-methyl/N-ethyl adjacent to an activating group) is 1. The minimum atomic E-state index is -0.878. The number of hydrogen-bond donors (Lipinski definition) is 1. The van der Waals surface area contributed by atoms with Gasteiger partial charge in [0.15, 0.2) is 5.82 Å². The summed E-state index contributed by atoms with van der Waals surface area (Å²) in [5.41, 5.74) is 1.10. The monoisotopic (exact) mass is 275 g/mol. The van der Waals surface area contributed by atoms with Crippen molar-refractivity contribution in [2.75, 3.05) is 7.05 Å². The van der Waals surface area contributed by atoms with Gasteiger partial charge in [0.2, 0.25) is 5.89 Å². The van der Waals surface area contributed by atoms with Crippen molar-refractivity contribution in [3.8, 4) is 0 Å². The molecule has 0 saturated carbocycles. The van der Waals surface area contributed by atoms with Crippen LogP contribution >= 0.6 is 0 Å². The zero-order chi connectivity index (χ0) is 14.5. The maximum absolute atomic E-state index is 10.9. The van der Waals surface area contributed by atoms with Gasteiger partial charge in [0, 0.05) is 6.42 Å². The quantitative estimate of drug-likeness (QED) is 0.862. The highest BCUT2D eigenvalue weighted by Crippen LogP contribution is 2.09. The molecule has 1 aromatic heterocycles. The number of benzene rings is 1. The third-order valence-electron chi connectivity index (χ3n) is 3.12. The first-order chi connectivity index (χ1) is 9.56. The van der Waals surface area contributed by atoms with Gasteiger partial charge in [-0.3, -0.25) is 9.69 Å². The molecule has 0 amide bonds. The Morgan fingerprint density at radius 3 is 2.75 bits per heavy atom. The fourth-order valence-corrected chi connectivity index (χ4v) is 1.74. The van der Waals surface area contributed by atoms with Gasteiger partial charge in [0.05, 0.1) is 6.54 Å². The molecule has 1 N–H and O–H groups in total. The van der Waals surface area contributed by atoms with E-state index in [9.17, 15) is 4.79 Å². The largest absolute Gasteiger partial charge is 0.480 e. The average Bonchev–Trinajstić information content (AvgIpc) is 2.86. The minimum absolute atomic E-state index is 0.315. The number of aliphatic carboxylic acids is 1. The molecule has 0 aliphatic carbocycles. The van der Waals surface area contributed by atoms with E-state index >= 15 is 0 Å². The van der Waals surface area contributed by atoms with Crippen LogP contribution in [0.5, 0.6) is 0 Å². The number of hydrogen-bond acceptors (Lipinski definition) is 5. The Labute approximate surface area is 117 Å². The van der Waals surface area contributed by atoms with Gasteiger partial charge in [-0.2, -0.15) is 4.98 Å². The third-order valence-corrected chi connectivity index (χ3v) is 3.12. The molecule has 0 radical (unpaired) electrons. The lowest BCUT2D eigenvalue weighted by Gasteiger charge is -2.18. The Morgan fingerprint density at radius 2 is 2.10 bits per heavy atom. The van der Waals surface area contributed by atoms with Crippen molar-refractivity contribution in [3.63, 3.8) is 0 Å². The van der Waals surface area contributed by atoms with Crippen LogP contribution in [0.25, 0.3) is 0 Å². The maximum Gasteiger partial charge on any atom is 0.320 e. The predicted octanol–water partition coefficient (Wildman–Crippen LogP) is 1.57. The second-order valence-corrected chi connectivity index (χ2v) is 4.70. The number of nitrogens with zero attached hydrogens (tertiary/aromatic N) is 3. The van der Waals surface area contributed by atoms with Crippen molar-refractivity contribution in [1.29, 1.82) is 0 Å². The highest BCUT2D eigenvalue weighted by atomic mass is 16.5. The van der Waals surface area contributed by atoms with Crippen LogP contribution in [0.4, 0.5) is 0 Å². The van der Waals surface area contributed by atoms with Crippen LogP contribution in [0, 0.1) is 0 Å². The van der Waals surface area contributed by atoms with Gasteiger partial charge < -0.3 is 9.63 Å². The molecule has 1 atom stereocenters. The van der Waals surface area contributed by atoms with E-state index in [4.69, 9.17) is 9.63 Å². The highest BCUT2D eigenvalue weighted by Gasteiger charge is 2.19. The molecule has 0 saturated heterocycles. The second-order valence-electron chi connectivity index (χ2n) is 4.70. The standard InChI is InChI=1S/C14H17N3O3/c1-10(14(18)19)17(2)9-13-15-12(16-20-13)8-11-6-4-3-5-7-11/h3-7,10H,8-9H2,1-2H3,(H,18,19). The maximum atomic E-state index is 10.9. The normalized spacial score (nSPS) is 12.6. The average molecular weight is 275 g/mol. The molecule has 106 valence electrons. The van der Waals surface area contributed by atoms with Crippen molar-refractivity contribution in [1.82, 2.24) is 15.0 Å². The van der Waals surface area contributed by atoms with Gasteiger partial charge in [-0.05, 0) is 19.5 Å². The summed E-state index contributed by atoms with van der Waals surface area (Å²) >= 11 is 0. The van der Waals surface area contributed by atoms with Gasteiger partial charge in [-0.15, -0.1) is 0 Å². The Morgan fingerprint density at radius 1 is 1.40 bits per heavy atom. The van der Waals surface area contributed by atoms with E-state index in [1.165, 1.54) is 0 Å². The molecule has 2 aromatic rings. The Bertz CT molecular complexity index is 568. The molecular weight excluding hydrogens is 258 g/mol. The van der Waals surface area contributed by atoms with Crippen molar-refractivity contribution < 1.29 is 14.4 Å². The van der Waals surface area contributed by atoms with Gasteiger partial charge in [-0.1, -0.05) is 35.5 Å². The number of carbonyl (C=O) groups is 1. The summed E-state index contributed by atoms with van der Waals surface area (Å²) in [6.45, 7) is 1.93. The molecular formula is C14H17N3O3. The van der Waals surface area contributed by atoms with Gasteiger partial charge in [-0.25, -0.2) is 0 Å². The first-order valence-corrected chi connectivity index (χ1v) is 6.34. The Balaban J connectivity index is 1.97. The number of carboxylic acids is 1. The van der Waals surface area contributed by atoms with Gasteiger partial charge in [0.1, 0.15) is 6.04 Å². The molecule has 20 heavy (non-hydrogen) atoms. The molecule has 0 fully saturated rings. The van der Waals surface area contributed by atoms with E-state index in [-0.39, 0.29) is 0 Å². The molecule has 2 rings (SSSR count). The van der Waals surface area contributed by atoms with Crippen LogP contribution in [0.2, 0.25) is 0 Å². The molecule has 0 bridgehead atoms. The van der Waals surface area contributed by atoms with Crippen molar-refractivity contribution >= 4 is 5.97 Å². The number of rotatable bonds is 6. The smallest absolute Gasteiger partial charge is 0.320 e. The molecule has 0 aliphatic heterocycles. The first kappa shape index (κ1) is 14.2. The lowest BCUT2D eigenvalue weighted by Crippen LogP contribution is -2.35. The lowest BCUT2D eigenvalue weighted by atomic mass is 10.1. The van der Waals surface area contributed by atoms with Crippen LogP contribution in [-0.4, -0.2) is 39.2 Å². The third kappa shape index (κ3) is 3.64. The first-order valence-electron chi connectivity index (χ1n) is 6.34. The van der Waals surface area contributed by atoms with Crippen LogP contribution in [0.1, 0.15) is 24.2 Å². The topological polar surface area (TPSA) is 79.5 Å². The fourth-order valence-electron chi connectivity index (χ4n) is 1.74. The summed E-state index contributed by atoms with van der Waals surface area (Å²) in [6, 6.07) is 9.26. The zero-order valence-electron chi connectivity index (χ0n) is 11.5. The summed E-state index contributed by atoms with van der Waals surface area (Å²) in [7, 11) is 1.71. The SMILES string of the molecule is CC(C(=O)O)N(C)Cc1nc(Cc2ccccc2)no1. The predicted molar refractivity (Wildman–Crippen MR) is 72.1 cm³/mol. The van der Waals surface area contributed by atoms with Gasteiger partial charge in [0.25, 0.3) is 0 Å². The summed E-state index contributed by atoms with van der Waals surface area (Å²) in [5, 5.41) is 12.8. The van der Waals surface area contributed by atoms with Crippen LogP contribution in [-0.2, 0) is 17.8 Å². The number of aromatic nitrogens is 2. The summed E-state index contributed by atoms with van der Waals surface area (Å²) < 4.78 is 5.14. The molecule has 0 spiro atoms. The molecule has 6 heteroatoms. The van der Waals surface area contributed by atoms with E-state index in [2.05, 4.69) is 10.1 Å². The van der Waals surface area contributed by atoms with Crippen molar-refractivity contribution in [2.24, 2.45) is 0 Å². The van der Waals surface area contributed by atoms with Crippen molar-refractivity contribution in [2.45, 2.75) is 25.9 Å². The van der Waals surface area contributed by atoms with E-state index in [0.717, 1.165) is 5.56 Å². The molecule has 1 aromatic carbocycles. The van der Waals surface area contributed by atoms with E-state index in [1.54, 1.807) is 18.9 Å². The molecule has 1 unspecified atom stereocenters. The van der Waals surface area contributed by atoms with Crippen molar-refractivity contribution in [3.05, 3.63) is 47.6 Å². The lowest BCUT2D eigenvalue weighted by molar-refractivity contribution is -0.142. The summed E-state index contributed by atoms with van der Waals surface area (Å²) in [5.74, 6) is 0.144. The Hall–Kier alpha value is -2.21.